The number of sulfone groups is 1. The molecule has 2 aromatic rings. The van der Waals surface area contributed by atoms with Gasteiger partial charge in [-0.3, -0.25) is 0 Å². The molecule has 0 aromatic heterocycles. The number of carbonyl (C=O) groups excluding carboxylic acids is 1. The summed E-state index contributed by atoms with van der Waals surface area (Å²) in [5.74, 6) is 1.33. The van der Waals surface area contributed by atoms with Gasteiger partial charge in [0.2, 0.25) is 0 Å². The van der Waals surface area contributed by atoms with E-state index < -0.39 is 9.84 Å². The van der Waals surface area contributed by atoms with E-state index in [9.17, 15) is 13.2 Å². The second-order valence-electron chi connectivity index (χ2n) is 6.01. The van der Waals surface area contributed by atoms with Crippen molar-refractivity contribution >= 4 is 21.6 Å². The monoisotopic (exact) mass is 360 g/mol. The molecule has 1 unspecified atom stereocenters. The molecule has 0 saturated carbocycles. The fourth-order valence-electron chi connectivity index (χ4n) is 2.72. The van der Waals surface area contributed by atoms with Crippen LogP contribution < -0.4 is 10.1 Å². The summed E-state index contributed by atoms with van der Waals surface area (Å²) in [7, 11) is -1.43. The summed E-state index contributed by atoms with van der Waals surface area (Å²) >= 11 is 0. The number of ether oxygens (including phenoxy) is 1. The lowest BCUT2D eigenvalue weighted by Crippen LogP contribution is -2.40. The maximum Gasteiger partial charge on any atom is 0.321 e. The second-order valence-corrected chi connectivity index (χ2v) is 8.24. The van der Waals surface area contributed by atoms with Gasteiger partial charge in [0.25, 0.3) is 0 Å². The topological polar surface area (TPSA) is 75.7 Å². The van der Waals surface area contributed by atoms with E-state index in [1.165, 1.54) is 4.90 Å². The Labute approximate surface area is 147 Å². The summed E-state index contributed by atoms with van der Waals surface area (Å²) in [4.78, 5) is 13.9. The van der Waals surface area contributed by atoms with Crippen molar-refractivity contribution in [3.8, 4) is 11.5 Å². The predicted molar refractivity (Wildman–Crippen MR) is 96.8 cm³/mol. The number of nitrogens with one attached hydrogen (secondary N) is 1. The molecule has 1 heterocycles. The smallest absolute Gasteiger partial charge is 0.321 e. The number of urea groups is 1. The summed E-state index contributed by atoms with van der Waals surface area (Å²) in [6.45, 7) is 0. The molecule has 0 spiro atoms. The molecule has 132 valence electrons. The molecule has 6 nitrogen and oxygen atoms in total. The first-order valence-electron chi connectivity index (χ1n) is 8.01. The Morgan fingerprint density at radius 2 is 1.80 bits per heavy atom. The van der Waals surface area contributed by atoms with Crippen molar-refractivity contribution in [3.05, 3.63) is 54.6 Å². The van der Waals surface area contributed by atoms with Crippen LogP contribution >= 0.6 is 0 Å². The van der Waals surface area contributed by atoms with Crippen LogP contribution in [0.15, 0.2) is 54.6 Å². The predicted octanol–water partition coefficient (Wildman–Crippen LogP) is 3.13. The molecule has 1 atom stereocenters. The SMILES string of the molecule is CN(C(=O)Nc1ccccc1Oc1ccccc1)C1CCS(=O)(=O)C1. The van der Waals surface area contributed by atoms with Crippen LogP contribution in [0.2, 0.25) is 0 Å². The Morgan fingerprint density at radius 3 is 2.48 bits per heavy atom. The molecule has 0 radical (unpaired) electrons. The fourth-order valence-corrected chi connectivity index (χ4v) is 4.50. The largest absolute Gasteiger partial charge is 0.455 e. The minimum absolute atomic E-state index is 0.0130. The van der Waals surface area contributed by atoms with Gasteiger partial charge in [0, 0.05) is 13.1 Å². The molecule has 2 aromatic carbocycles. The average Bonchev–Trinajstić information content (AvgIpc) is 2.97. The molecular weight excluding hydrogens is 340 g/mol. The second kappa shape index (κ2) is 7.14. The summed E-state index contributed by atoms with van der Waals surface area (Å²) in [5.41, 5.74) is 0.532. The number of para-hydroxylation sites is 3. The van der Waals surface area contributed by atoms with Crippen molar-refractivity contribution in [2.45, 2.75) is 12.5 Å². The van der Waals surface area contributed by atoms with Gasteiger partial charge >= 0.3 is 6.03 Å². The van der Waals surface area contributed by atoms with Gasteiger partial charge in [-0.2, -0.15) is 0 Å². The molecule has 1 aliphatic rings. The van der Waals surface area contributed by atoms with Crippen molar-refractivity contribution in [3.63, 3.8) is 0 Å². The van der Waals surface area contributed by atoms with E-state index in [2.05, 4.69) is 5.32 Å². The zero-order valence-electron chi connectivity index (χ0n) is 13.9. The fraction of sp³-hybridized carbons (Fsp3) is 0.278. The van der Waals surface area contributed by atoms with E-state index in [1.807, 2.05) is 36.4 Å². The Bertz CT molecular complexity index is 852. The minimum atomic E-state index is -3.04. The lowest BCUT2D eigenvalue weighted by Gasteiger charge is -2.24. The zero-order chi connectivity index (χ0) is 17.9. The minimum Gasteiger partial charge on any atom is -0.455 e. The van der Waals surface area contributed by atoms with Crippen LogP contribution in [0.3, 0.4) is 0 Å². The van der Waals surface area contributed by atoms with Gasteiger partial charge in [0.05, 0.1) is 17.2 Å². The van der Waals surface area contributed by atoms with Gasteiger partial charge in [-0.05, 0) is 30.7 Å². The van der Waals surface area contributed by atoms with Crippen molar-refractivity contribution in [1.82, 2.24) is 4.90 Å². The zero-order valence-corrected chi connectivity index (χ0v) is 14.7. The average molecular weight is 360 g/mol. The summed E-state index contributed by atoms with van der Waals surface area (Å²) < 4.78 is 29.0. The van der Waals surface area contributed by atoms with Crippen LogP contribution in [0, 0.1) is 0 Å². The molecule has 1 aliphatic heterocycles. The van der Waals surface area contributed by atoms with Crippen molar-refractivity contribution in [1.29, 1.82) is 0 Å². The number of anilines is 1. The standard InChI is InChI=1S/C18H20N2O4S/c1-20(14-11-12-25(22,23)13-14)18(21)19-16-9-5-6-10-17(16)24-15-7-3-2-4-8-15/h2-10,14H,11-13H2,1H3,(H,19,21). The number of benzene rings is 2. The molecule has 1 N–H and O–H groups in total. The molecule has 2 amide bonds. The van der Waals surface area contributed by atoms with E-state index in [0.29, 0.717) is 23.6 Å². The molecule has 1 fully saturated rings. The first kappa shape index (κ1) is 17.3. The van der Waals surface area contributed by atoms with Gasteiger partial charge in [0.1, 0.15) is 5.75 Å². The van der Waals surface area contributed by atoms with Crippen molar-refractivity contribution < 1.29 is 17.9 Å². The van der Waals surface area contributed by atoms with E-state index >= 15 is 0 Å². The molecular formula is C18H20N2O4S. The molecule has 1 saturated heterocycles. The van der Waals surface area contributed by atoms with Crippen LogP contribution in [0.4, 0.5) is 10.5 Å². The van der Waals surface area contributed by atoms with E-state index in [-0.39, 0.29) is 23.6 Å². The quantitative estimate of drug-likeness (QED) is 0.909. The number of amides is 2. The number of nitrogens with zero attached hydrogens (tertiary/aromatic N) is 1. The highest BCUT2D eigenvalue weighted by molar-refractivity contribution is 7.91. The van der Waals surface area contributed by atoms with Gasteiger partial charge in [0.15, 0.2) is 15.6 Å². The number of hydrogen-bond acceptors (Lipinski definition) is 4. The molecule has 0 bridgehead atoms. The highest BCUT2D eigenvalue weighted by Crippen LogP contribution is 2.29. The Balaban J connectivity index is 1.71. The van der Waals surface area contributed by atoms with Crippen LogP contribution in [0.5, 0.6) is 11.5 Å². The molecule has 25 heavy (non-hydrogen) atoms. The number of rotatable bonds is 4. The third kappa shape index (κ3) is 4.30. The van der Waals surface area contributed by atoms with Crippen LogP contribution in [-0.4, -0.2) is 43.9 Å². The first-order valence-corrected chi connectivity index (χ1v) is 9.83. The maximum absolute atomic E-state index is 12.5. The van der Waals surface area contributed by atoms with Crippen LogP contribution in [-0.2, 0) is 9.84 Å². The third-order valence-corrected chi connectivity index (χ3v) is 5.93. The summed E-state index contributed by atoms with van der Waals surface area (Å²) in [6, 6.07) is 15.8. The number of carbonyl (C=O) groups is 1. The molecule has 7 heteroatoms. The lowest BCUT2D eigenvalue weighted by molar-refractivity contribution is 0.209. The molecule has 3 rings (SSSR count). The van der Waals surface area contributed by atoms with Gasteiger partial charge in [-0.15, -0.1) is 0 Å². The van der Waals surface area contributed by atoms with Crippen molar-refractivity contribution in [2.24, 2.45) is 0 Å². The van der Waals surface area contributed by atoms with E-state index in [0.717, 1.165) is 0 Å². The normalized spacial score (nSPS) is 18.5. The van der Waals surface area contributed by atoms with Crippen molar-refractivity contribution in [2.75, 3.05) is 23.9 Å². The van der Waals surface area contributed by atoms with Crippen LogP contribution in [0.25, 0.3) is 0 Å². The molecule has 0 aliphatic carbocycles. The Hall–Kier alpha value is -2.54. The third-order valence-electron chi connectivity index (χ3n) is 4.18. The van der Waals surface area contributed by atoms with E-state index in [1.54, 1.807) is 25.2 Å². The van der Waals surface area contributed by atoms with Crippen LogP contribution in [0.1, 0.15) is 6.42 Å². The lowest BCUT2D eigenvalue weighted by atomic mass is 10.2. The highest BCUT2D eigenvalue weighted by Gasteiger charge is 2.32. The van der Waals surface area contributed by atoms with E-state index in [4.69, 9.17) is 4.74 Å². The van der Waals surface area contributed by atoms with Gasteiger partial charge in [-0.25, -0.2) is 13.2 Å². The van der Waals surface area contributed by atoms with Gasteiger partial charge < -0.3 is 15.0 Å². The summed E-state index contributed by atoms with van der Waals surface area (Å²) in [6.07, 6.45) is 0.467. The Morgan fingerprint density at radius 1 is 1.12 bits per heavy atom. The highest BCUT2D eigenvalue weighted by atomic mass is 32.2. The Kier molecular flexibility index (Phi) is 4.94. The first-order chi connectivity index (χ1) is 11.9. The maximum atomic E-state index is 12.5. The number of hydrogen-bond donors (Lipinski definition) is 1. The van der Waals surface area contributed by atoms with Gasteiger partial charge in [-0.1, -0.05) is 30.3 Å². The summed E-state index contributed by atoms with van der Waals surface area (Å²) in [5, 5.41) is 2.80.